The van der Waals surface area contributed by atoms with E-state index in [0.717, 1.165) is 22.3 Å². The molecule has 0 saturated heterocycles. The van der Waals surface area contributed by atoms with Crippen molar-refractivity contribution in [3.63, 3.8) is 0 Å². The molecule has 2 aromatic rings. The Kier molecular flexibility index (Phi) is 6.27. The quantitative estimate of drug-likeness (QED) is 0.873. The van der Waals surface area contributed by atoms with Crippen LogP contribution in [-0.2, 0) is 6.61 Å². The first-order valence-electron chi connectivity index (χ1n) is 6.34. The lowest BCUT2D eigenvalue weighted by Crippen LogP contribution is -1.80. The van der Waals surface area contributed by atoms with Crippen molar-refractivity contribution in [2.24, 2.45) is 0 Å². The first-order chi connectivity index (χ1) is 9.56. The van der Waals surface area contributed by atoms with Crippen molar-refractivity contribution < 1.29 is 10.2 Å². The topological polar surface area (TPSA) is 40.5 Å². The van der Waals surface area contributed by atoms with Crippen molar-refractivity contribution in [2.75, 3.05) is 0 Å². The highest BCUT2D eigenvalue weighted by Crippen LogP contribution is 2.15. The fourth-order valence-electron chi connectivity index (χ4n) is 1.51. The van der Waals surface area contributed by atoms with Gasteiger partial charge in [-0.05, 0) is 35.7 Å². The Labute approximate surface area is 120 Å². The zero-order valence-corrected chi connectivity index (χ0v) is 11.7. The molecule has 0 aliphatic heterocycles. The molecule has 20 heavy (non-hydrogen) atoms. The van der Waals surface area contributed by atoms with E-state index in [9.17, 15) is 0 Å². The van der Waals surface area contributed by atoms with Gasteiger partial charge in [-0.1, -0.05) is 61.2 Å². The maximum absolute atomic E-state index is 8.91. The van der Waals surface area contributed by atoms with Gasteiger partial charge in [-0.25, -0.2) is 0 Å². The van der Waals surface area contributed by atoms with Gasteiger partial charge in [-0.3, -0.25) is 0 Å². The minimum Gasteiger partial charge on any atom is -0.508 e. The van der Waals surface area contributed by atoms with Crippen LogP contribution < -0.4 is 0 Å². The predicted octanol–water partition coefficient (Wildman–Crippen LogP) is 4.25. The van der Waals surface area contributed by atoms with Crippen LogP contribution in [0, 0.1) is 0 Å². The summed E-state index contributed by atoms with van der Waals surface area (Å²) in [5.74, 6) is 0.296. The van der Waals surface area contributed by atoms with Crippen molar-refractivity contribution in [1.82, 2.24) is 0 Å². The van der Waals surface area contributed by atoms with E-state index in [1.54, 1.807) is 18.2 Å². The lowest BCUT2D eigenvalue weighted by Gasteiger charge is -1.97. The number of rotatable bonds is 3. The summed E-state index contributed by atoms with van der Waals surface area (Å²) >= 11 is 0. The van der Waals surface area contributed by atoms with Gasteiger partial charge in [-0.2, -0.15) is 0 Å². The second-order valence-electron chi connectivity index (χ2n) is 4.43. The van der Waals surface area contributed by atoms with E-state index < -0.39 is 0 Å². The molecule has 0 radical (unpaired) electrons. The van der Waals surface area contributed by atoms with Crippen molar-refractivity contribution in [1.29, 1.82) is 0 Å². The van der Waals surface area contributed by atoms with E-state index in [1.165, 1.54) is 0 Å². The van der Waals surface area contributed by atoms with Crippen LogP contribution >= 0.6 is 0 Å². The molecule has 0 heterocycles. The maximum Gasteiger partial charge on any atom is 0.115 e. The summed E-state index contributed by atoms with van der Waals surface area (Å²) in [6.07, 6.45) is 1.78. The van der Waals surface area contributed by atoms with Gasteiger partial charge in [-0.15, -0.1) is 0 Å². The summed E-state index contributed by atoms with van der Waals surface area (Å²) in [6, 6.07) is 14.6. The Morgan fingerprint density at radius 1 is 1.05 bits per heavy atom. The molecule has 0 fully saturated rings. The van der Waals surface area contributed by atoms with E-state index in [4.69, 9.17) is 10.2 Å². The number of hydrogen-bond acceptors (Lipinski definition) is 2. The maximum atomic E-state index is 8.91. The molecule has 0 aliphatic rings. The minimum absolute atomic E-state index is 0.109. The van der Waals surface area contributed by atoms with E-state index in [1.807, 2.05) is 43.3 Å². The van der Waals surface area contributed by atoms with Gasteiger partial charge < -0.3 is 10.2 Å². The summed E-state index contributed by atoms with van der Waals surface area (Å²) in [5, 5.41) is 17.6. The zero-order chi connectivity index (χ0) is 15.0. The zero-order valence-electron chi connectivity index (χ0n) is 11.7. The van der Waals surface area contributed by atoms with E-state index in [-0.39, 0.29) is 6.61 Å². The second-order valence-corrected chi connectivity index (χ2v) is 4.43. The number of aromatic hydroxyl groups is 1. The molecule has 2 N–H and O–H groups in total. The SMILES string of the molecule is C=C(C)c1ccc(O)cc1.C=Cc1ccc(CO)cc1. The molecular formula is C18H20O2. The standard InChI is InChI=1S/2C9H10O/c1-7(2)8-3-5-9(10)6-4-8;1-2-8-3-5-9(7-10)6-4-8/h3-6,10H,1H2,2H3;2-6,10H,1,7H2. The van der Waals surface area contributed by atoms with Crippen molar-refractivity contribution >= 4 is 11.6 Å². The molecule has 0 aromatic heterocycles. The smallest absolute Gasteiger partial charge is 0.115 e. The Morgan fingerprint density at radius 3 is 2.00 bits per heavy atom. The Bertz CT molecular complexity index is 551. The predicted molar refractivity (Wildman–Crippen MR) is 85.3 cm³/mol. The number of aliphatic hydroxyl groups is 1. The van der Waals surface area contributed by atoms with Gasteiger partial charge in [0.1, 0.15) is 5.75 Å². The van der Waals surface area contributed by atoms with Gasteiger partial charge in [0.25, 0.3) is 0 Å². The minimum atomic E-state index is 0.109. The van der Waals surface area contributed by atoms with E-state index >= 15 is 0 Å². The average molecular weight is 268 g/mol. The molecule has 0 unspecified atom stereocenters. The highest BCUT2D eigenvalue weighted by molar-refractivity contribution is 5.61. The molecule has 0 amide bonds. The third-order valence-electron chi connectivity index (χ3n) is 2.76. The third-order valence-corrected chi connectivity index (χ3v) is 2.76. The number of aliphatic hydroxyl groups excluding tert-OH is 1. The Morgan fingerprint density at radius 2 is 1.60 bits per heavy atom. The molecule has 0 atom stereocenters. The fourth-order valence-corrected chi connectivity index (χ4v) is 1.51. The number of allylic oxidation sites excluding steroid dienone is 1. The highest BCUT2D eigenvalue weighted by atomic mass is 16.3. The van der Waals surface area contributed by atoms with Crippen LogP contribution in [0.1, 0.15) is 23.6 Å². The van der Waals surface area contributed by atoms with Crippen LogP contribution in [0.5, 0.6) is 5.75 Å². The molecule has 2 rings (SSSR count). The van der Waals surface area contributed by atoms with Crippen LogP contribution in [-0.4, -0.2) is 10.2 Å². The van der Waals surface area contributed by atoms with Crippen LogP contribution in [0.2, 0.25) is 0 Å². The summed E-state index contributed by atoms with van der Waals surface area (Å²) in [4.78, 5) is 0. The second kappa shape index (κ2) is 7.97. The van der Waals surface area contributed by atoms with Crippen LogP contribution in [0.15, 0.2) is 61.7 Å². The number of phenols is 1. The van der Waals surface area contributed by atoms with Gasteiger partial charge in [0.2, 0.25) is 0 Å². The molecule has 2 nitrogen and oxygen atoms in total. The molecule has 0 spiro atoms. The number of phenolic OH excluding ortho intramolecular Hbond substituents is 1. The van der Waals surface area contributed by atoms with Crippen LogP contribution in [0.3, 0.4) is 0 Å². The lowest BCUT2D eigenvalue weighted by molar-refractivity contribution is 0.282. The molecule has 2 heteroatoms. The monoisotopic (exact) mass is 268 g/mol. The third kappa shape index (κ3) is 5.12. The van der Waals surface area contributed by atoms with E-state index in [2.05, 4.69) is 13.2 Å². The van der Waals surface area contributed by atoms with Gasteiger partial charge >= 0.3 is 0 Å². The summed E-state index contributed by atoms with van der Waals surface area (Å²) in [6.45, 7) is 9.44. The largest absolute Gasteiger partial charge is 0.508 e. The van der Waals surface area contributed by atoms with Gasteiger partial charge in [0.15, 0.2) is 0 Å². The summed E-state index contributed by atoms with van der Waals surface area (Å²) in [7, 11) is 0. The molecule has 104 valence electrons. The van der Waals surface area contributed by atoms with Crippen molar-refractivity contribution in [3.8, 4) is 5.75 Å². The van der Waals surface area contributed by atoms with Crippen LogP contribution in [0.25, 0.3) is 11.6 Å². The molecule has 0 bridgehead atoms. The molecule has 2 aromatic carbocycles. The lowest BCUT2D eigenvalue weighted by atomic mass is 10.1. The number of hydrogen-bond donors (Lipinski definition) is 2. The van der Waals surface area contributed by atoms with Gasteiger partial charge in [0, 0.05) is 0 Å². The Balaban J connectivity index is 0.000000200. The van der Waals surface area contributed by atoms with Crippen molar-refractivity contribution in [3.05, 3.63) is 78.4 Å². The molecular weight excluding hydrogens is 248 g/mol. The Hall–Kier alpha value is -2.32. The summed E-state index contributed by atoms with van der Waals surface area (Å²) in [5.41, 5.74) is 4.10. The van der Waals surface area contributed by atoms with Gasteiger partial charge in [0.05, 0.1) is 6.61 Å². The fraction of sp³-hybridized carbons (Fsp3) is 0.111. The van der Waals surface area contributed by atoms with E-state index in [0.29, 0.717) is 5.75 Å². The number of benzene rings is 2. The first kappa shape index (κ1) is 15.7. The molecule has 0 aliphatic carbocycles. The summed E-state index contributed by atoms with van der Waals surface area (Å²) < 4.78 is 0. The first-order valence-corrected chi connectivity index (χ1v) is 6.34. The van der Waals surface area contributed by atoms with Crippen LogP contribution in [0.4, 0.5) is 0 Å². The molecule has 0 saturated carbocycles. The normalized spacial score (nSPS) is 9.30. The highest BCUT2D eigenvalue weighted by Gasteiger charge is 1.91. The average Bonchev–Trinajstić information content (AvgIpc) is 2.48. The van der Waals surface area contributed by atoms with Crippen molar-refractivity contribution in [2.45, 2.75) is 13.5 Å².